The third kappa shape index (κ3) is 4.75. The molecule has 3 aliphatic rings. The standard InChI is InChI=1S/C30H34N4O2/c1-22-16-24-18-28-27(30(35)34-9-5-8-26(34)20-31-28)17-25(24)19-29(22)36-15-14-32-10-12-33(13-11-32)21-23-6-3-2-4-7-23/h2-4,6-7,16-20,26H,5,8-15,21H2,1H3/t26-/m0/s1. The average Bonchev–Trinajstić information content (AvgIpc) is 3.33. The molecule has 0 radical (unpaired) electrons. The minimum absolute atomic E-state index is 0.0985. The summed E-state index contributed by atoms with van der Waals surface area (Å²) in [5, 5.41) is 2.13. The normalized spacial score (nSPS) is 20.4. The molecule has 3 aromatic carbocycles. The summed E-state index contributed by atoms with van der Waals surface area (Å²) in [7, 11) is 0. The van der Waals surface area contributed by atoms with E-state index in [4.69, 9.17) is 4.74 Å². The lowest BCUT2D eigenvalue weighted by atomic mass is 10.0. The van der Waals surface area contributed by atoms with Crippen molar-refractivity contribution in [2.75, 3.05) is 45.9 Å². The number of piperazine rings is 1. The Bertz CT molecular complexity index is 1280. The largest absolute Gasteiger partial charge is 0.492 e. The van der Waals surface area contributed by atoms with Crippen LogP contribution >= 0.6 is 0 Å². The topological polar surface area (TPSA) is 48.4 Å². The number of hydrogen-bond acceptors (Lipinski definition) is 5. The van der Waals surface area contributed by atoms with Gasteiger partial charge in [-0.3, -0.25) is 19.6 Å². The Morgan fingerprint density at radius 2 is 1.72 bits per heavy atom. The van der Waals surface area contributed by atoms with E-state index in [1.165, 1.54) is 5.56 Å². The molecule has 2 saturated heterocycles. The van der Waals surface area contributed by atoms with Crippen molar-refractivity contribution in [3.8, 4) is 5.75 Å². The summed E-state index contributed by atoms with van der Waals surface area (Å²) in [4.78, 5) is 24.9. The molecule has 6 heteroatoms. The quantitative estimate of drug-likeness (QED) is 0.513. The Balaban J connectivity index is 1.08. The van der Waals surface area contributed by atoms with Crippen molar-refractivity contribution in [3.05, 3.63) is 71.3 Å². The number of aliphatic imine (C=N–C) groups is 1. The Morgan fingerprint density at radius 1 is 0.944 bits per heavy atom. The molecule has 3 aromatic rings. The molecule has 186 valence electrons. The van der Waals surface area contributed by atoms with E-state index in [1.54, 1.807) is 0 Å². The number of hydrogen-bond donors (Lipinski definition) is 0. The van der Waals surface area contributed by atoms with Gasteiger partial charge in [0.05, 0.1) is 17.3 Å². The van der Waals surface area contributed by atoms with E-state index in [1.807, 2.05) is 23.2 Å². The number of nitrogens with zero attached hydrogens (tertiary/aromatic N) is 4. The first kappa shape index (κ1) is 23.2. The molecular weight excluding hydrogens is 448 g/mol. The van der Waals surface area contributed by atoms with Gasteiger partial charge < -0.3 is 9.64 Å². The third-order valence-corrected chi connectivity index (χ3v) is 7.80. The number of carbonyl (C=O) groups is 1. The molecule has 1 atom stereocenters. The molecule has 6 rings (SSSR count). The van der Waals surface area contributed by atoms with Gasteiger partial charge in [0.25, 0.3) is 5.91 Å². The lowest BCUT2D eigenvalue weighted by molar-refractivity contribution is 0.0775. The maximum Gasteiger partial charge on any atom is 0.256 e. The SMILES string of the molecule is Cc1cc2cc3c(cc2cc1OCCN1CCN(Cc2ccccc2)CC1)C(=O)N1CCC[C@H]1C=N3. The summed E-state index contributed by atoms with van der Waals surface area (Å²) >= 11 is 0. The van der Waals surface area contributed by atoms with Crippen molar-refractivity contribution in [3.63, 3.8) is 0 Å². The highest BCUT2D eigenvalue weighted by Crippen LogP contribution is 2.34. The number of rotatable bonds is 6. The predicted octanol–water partition coefficient (Wildman–Crippen LogP) is 4.67. The summed E-state index contributed by atoms with van der Waals surface area (Å²) in [6.07, 6.45) is 4.00. The first-order valence-corrected chi connectivity index (χ1v) is 13.2. The zero-order valence-electron chi connectivity index (χ0n) is 21.0. The van der Waals surface area contributed by atoms with Crippen LogP contribution in [0, 0.1) is 6.92 Å². The molecule has 3 heterocycles. The van der Waals surface area contributed by atoms with E-state index in [9.17, 15) is 4.79 Å². The van der Waals surface area contributed by atoms with Crippen molar-refractivity contribution in [2.24, 2.45) is 4.99 Å². The molecule has 0 unspecified atom stereocenters. The second-order valence-electron chi connectivity index (χ2n) is 10.3. The van der Waals surface area contributed by atoms with Crippen molar-refractivity contribution in [1.29, 1.82) is 0 Å². The van der Waals surface area contributed by atoms with Crippen molar-refractivity contribution in [2.45, 2.75) is 32.4 Å². The van der Waals surface area contributed by atoms with Crippen LogP contribution in [-0.2, 0) is 6.54 Å². The highest BCUT2D eigenvalue weighted by molar-refractivity contribution is 6.06. The van der Waals surface area contributed by atoms with Gasteiger partial charge in [-0.2, -0.15) is 0 Å². The molecule has 0 bridgehead atoms. The zero-order chi connectivity index (χ0) is 24.5. The van der Waals surface area contributed by atoms with E-state index in [0.717, 1.165) is 86.4 Å². The maximum absolute atomic E-state index is 13.2. The fourth-order valence-corrected chi connectivity index (χ4v) is 5.68. The number of fused-ring (bicyclic) bond motifs is 3. The van der Waals surface area contributed by atoms with E-state index in [-0.39, 0.29) is 11.9 Å². The molecule has 0 aliphatic carbocycles. The predicted molar refractivity (Wildman–Crippen MR) is 145 cm³/mol. The Kier molecular flexibility index (Phi) is 6.46. The first-order valence-electron chi connectivity index (χ1n) is 13.2. The molecule has 3 aliphatic heterocycles. The van der Waals surface area contributed by atoms with Crippen LogP contribution in [0.3, 0.4) is 0 Å². The fourth-order valence-electron chi connectivity index (χ4n) is 5.68. The van der Waals surface area contributed by atoms with Gasteiger partial charge in [-0.25, -0.2) is 0 Å². The molecular formula is C30H34N4O2. The molecule has 6 nitrogen and oxygen atoms in total. The summed E-state index contributed by atoms with van der Waals surface area (Å²) in [6, 6.07) is 19.1. The van der Waals surface area contributed by atoms with Gasteiger partial charge >= 0.3 is 0 Å². The van der Waals surface area contributed by atoms with Crippen molar-refractivity contribution in [1.82, 2.24) is 14.7 Å². The molecule has 0 saturated carbocycles. The van der Waals surface area contributed by atoms with Gasteiger partial charge in [-0.05, 0) is 65.9 Å². The lowest BCUT2D eigenvalue weighted by Gasteiger charge is -2.34. The molecule has 0 spiro atoms. The van der Waals surface area contributed by atoms with Crippen LogP contribution in [-0.4, -0.2) is 78.7 Å². The Hall–Kier alpha value is -3.22. The van der Waals surface area contributed by atoms with Gasteiger partial charge in [0.1, 0.15) is 12.4 Å². The number of amides is 1. The third-order valence-electron chi connectivity index (χ3n) is 7.80. The van der Waals surface area contributed by atoms with E-state index < -0.39 is 0 Å². The van der Waals surface area contributed by atoms with Gasteiger partial charge in [0, 0.05) is 52.0 Å². The van der Waals surface area contributed by atoms with Gasteiger partial charge in [-0.15, -0.1) is 0 Å². The summed E-state index contributed by atoms with van der Waals surface area (Å²) in [5.74, 6) is 0.995. The Labute approximate surface area is 213 Å². The lowest BCUT2D eigenvalue weighted by Crippen LogP contribution is -2.47. The van der Waals surface area contributed by atoms with Gasteiger partial charge in [-0.1, -0.05) is 30.3 Å². The Morgan fingerprint density at radius 3 is 2.56 bits per heavy atom. The van der Waals surface area contributed by atoms with Crippen LogP contribution < -0.4 is 4.74 Å². The molecule has 2 fully saturated rings. The smallest absolute Gasteiger partial charge is 0.256 e. The van der Waals surface area contributed by atoms with E-state index >= 15 is 0 Å². The maximum atomic E-state index is 13.2. The van der Waals surface area contributed by atoms with E-state index in [0.29, 0.717) is 12.2 Å². The van der Waals surface area contributed by atoms with Crippen LogP contribution in [0.1, 0.15) is 34.3 Å². The minimum Gasteiger partial charge on any atom is -0.492 e. The van der Waals surface area contributed by atoms with Crippen molar-refractivity contribution < 1.29 is 9.53 Å². The summed E-state index contributed by atoms with van der Waals surface area (Å²) < 4.78 is 6.25. The zero-order valence-corrected chi connectivity index (χ0v) is 21.0. The molecule has 36 heavy (non-hydrogen) atoms. The van der Waals surface area contributed by atoms with Crippen LogP contribution in [0.25, 0.3) is 10.8 Å². The summed E-state index contributed by atoms with van der Waals surface area (Å²) in [5.41, 5.74) is 3.97. The summed E-state index contributed by atoms with van der Waals surface area (Å²) in [6.45, 7) is 9.82. The van der Waals surface area contributed by atoms with Crippen LogP contribution in [0.4, 0.5) is 5.69 Å². The number of aryl methyl sites for hydroxylation is 1. The monoisotopic (exact) mass is 482 g/mol. The highest BCUT2D eigenvalue weighted by atomic mass is 16.5. The van der Waals surface area contributed by atoms with Crippen LogP contribution in [0.2, 0.25) is 0 Å². The minimum atomic E-state index is 0.0985. The van der Waals surface area contributed by atoms with E-state index in [2.05, 4.69) is 64.2 Å². The van der Waals surface area contributed by atoms with Gasteiger partial charge in [0.2, 0.25) is 0 Å². The number of carbonyl (C=O) groups excluding carboxylic acids is 1. The van der Waals surface area contributed by atoms with Crippen molar-refractivity contribution >= 4 is 28.6 Å². The van der Waals surface area contributed by atoms with Crippen LogP contribution in [0.15, 0.2) is 59.6 Å². The second-order valence-corrected chi connectivity index (χ2v) is 10.3. The van der Waals surface area contributed by atoms with Crippen LogP contribution in [0.5, 0.6) is 5.75 Å². The second kappa shape index (κ2) is 10.0. The molecule has 0 aromatic heterocycles. The average molecular weight is 483 g/mol. The number of ether oxygens (including phenoxy) is 1. The molecule has 1 amide bonds. The fraction of sp³-hybridized carbons (Fsp3) is 0.400. The number of benzene rings is 3. The van der Waals surface area contributed by atoms with Gasteiger partial charge in [0.15, 0.2) is 0 Å². The highest BCUT2D eigenvalue weighted by Gasteiger charge is 2.31. The molecule has 0 N–H and O–H groups in total. The first-order chi connectivity index (χ1) is 17.6.